The van der Waals surface area contributed by atoms with E-state index >= 15 is 0 Å². The minimum absolute atomic E-state index is 0.217. The number of nitrogens with two attached hydrogens (primary N) is 1. The Morgan fingerprint density at radius 1 is 1.25 bits per heavy atom. The lowest BCUT2D eigenvalue weighted by Crippen LogP contribution is -2.55. The second-order valence-electron chi connectivity index (χ2n) is 5.55. The van der Waals surface area contributed by atoms with Gasteiger partial charge in [0.2, 0.25) is 0 Å². The molecule has 0 bridgehead atoms. The molecule has 0 saturated carbocycles. The highest BCUT2D eigenvalue weighted by Gasteiger charge is 2.34. The molecule has 4 atom stereocenters. The number of likely N-dealkylation sites (tertiary alicyclic amines) is 1. The first-order valence-corrected chi connectivity index (χ1v) is 8.15. The van der Waals surface area contributed by atoms with Gasteiger partial charge < -0.3 is 5.73 Å². The number of nitrogens with zero attached hydrogens (tertiary/aromatic N) is 2. The zero-order valence-electron chi connectivity index (χ0n) is 12.2. The second-order valence-corrected chi connectivity index (χ2v) is 6.80. The van der Waals surface area contributed by atoms with Gasteiger partial charge in [-0.3, -0.25) is 4.90 Å². The van der Waals surface area contributed by atoms with E-state index in [9.17, 15) is 5.26 Å². The van der Waals surface area contributed by atoms with Crippen molar-refractivity contribution in [3.05, 3.63) is 30.3 Å². The lowest BCUT2D eigenvalue weighted by atomic mass is 9.95. The maximum absolute atomic E-state index is 9.58. The van der Waals surface area contributed by atoms with Crippen LogP contribution in [0.3, 0.4) is 0 Å². The van der Waals surface area contributed by atoms with Crippen molar-refractivity contribution in [1.29, 1.82) is 5.26 Å². The van der Waals surface area contributed by atoms with Crippen LogP contribution in [0.5, 0.6) is 0 Å². The van der Waals surface area contributed by atoms with Crippen molar-refractivity contribution in [1.82, 2.24) is 4.90 Å². The Labute approximate surface area is 126 Å². The summed E-state index contributed by atoms with van der Waals surface area (Å²) in [6.07, 6.45) is 3.56. The third-order valence-corrected chi connectivity index (χ3v) is 5.12. The SMILES string of the molecule is CC1CCCC(C)N1C(C#N)C(N)Sc1ccccc1. The fraction of sp³-hybridized carbons (Fsp3) is 0.562. The second kappa shape index (κ2) is 7.12. The molecule has 4 unspecified atom stereocenters. The molecular formula is C16H23N3S. The number of piperidine rings is 1. The molecule has 4 heteroatoms. The highest BCUT2D eigenvalue weighted by Crippen LogP contribution is 2.30. The zero-order valence-corrected chi connectivity index (χ0v) is 13.0. The van der Waals surface area contributed by atoms with Gasteiger partial charge >= 0.3 is 0 Å². The van der Waals surface area contributed by atoms with Crippen LogP contribution in [0.2, 0.25) is 0 Å². The smallest absolute Gasteiger partial charge is 0.123 e. The van der Waals surface area contributed by atoms with Crippen molar-refractivity contribution >= 4 is 11.8 Å². The lowest BCUT2D eigenvalue weighted by molar-refractivity contribution is 0.0770. The monoisotopic (exact) mass is 289 g/mol. The van der Waals surface area contributed by atoms with Gasteiger partial charge in [0.15, 0.2) is 0 Å². The van der Waals surface area contributed by atoms with E-state index in [-0.39, 0.29) is 11.4 Å². The van der Waals surface area contributed by atoms with Gasteiger partial charge in [0.1, 0.15) is 6.04 Å². The quantitative estimate of drug-likeness (QED) is 0.683. The first-order chi connectivity index (χ1) is 9.63. The number of hydrogen-bond acceptors (Lipinski definition) is 4. The molecule has 0 amide bonds. The average molecular weight is 289 g/mol. The Hall–Kier alpha value is -1.02. The Bertz CT molecular complexity index is 447. The molecule has 1 aromatic rings. The molecular weight excluding hydrogens is 266 g/mol. The summed E-state index contributed by atoms with van der Waals surface area (Å²) < 4.78 is 0. The minimum atomic E-state index is -0.231. The highest BCUT2D eigenvalue weighted by molar-refractivity contribution is 8.00. The standard InChI is InChI=1S/C16H23N3S/c1-12-7-6-8-13(2)19(12)15(11-17)16(18)20-14-9-4-3-5-10-14/h3-5,9-10,12-13,15-16H,6-8,18H2,1-2H3. The van der Waals surface area contributed by atoms with E-state index in [2.05, 4.69) is 24.8 Å². The maximum atomic E-state index is 9.58. The fourth-order valence-electron chi connectivity index (χ4n) is 3.02. The Balaban J connectivity index is 2.09. The van der Waals surface area contributed by atoms with E-state index in [1.165, 1.54) is 6.42 Å². The molecule has 1 heterocycles. The van der Waals surface area contributed by atoms with Crippen LogP contribution in [0.25, 0.3) is 0 Å². The first kappa shape index (κ1) is 15.4. The van der Waals surface area contributed by atoms with Gasteiger partial charge in [-0.2, -0.15) is 5.26 Å². The maximum Gasteiger partial charge on any atom is 0.123 e. The Morgan fingerprint density at radius 3 is 2.40 bits per heavy atom. The van der Waals surface area contributed by atoms with Gasteiger partial charge in [0.25, 0.3) is 0 Å². The van der Waals surface area contributed by atoms with E-state index in [1.807, 2.05) is 30.3 Å². The largest absolute Gasteiger partial charge is 0.317 e. The highest BCUT2D eigenvalue weighted by atomic mass is 32.2. The third kappa shape index (κ3) is 3.54. The lowest BCUT2D eigenvalue weighted by Gasteiger charge is -2.43. The van der Waals surface area contributed by atoms with Gasteiger partial charge in [0.05, 0.1) is 11.4 Å². The van der Waals surface area contributed by atoms with Gasteiger partial charge in [-0.25, -0.2) is 0 Å². The molecule has 108 valence electrons. The van der Waals surface area contributed by atoms with Crippen LogP contribution in [0.4, 0.5) is 0 Å². The number of nitriles is 1. The molecule has 1 aliphatic heterocycles. The van der Waals surface area contributed by atoms with E-state index in [4.69, 9.17) is 5.73 Å². The van der Waals surface area contributed by atoms with Crippen LogP contribution in [-0.4, -0.2) is 28.4 Å². The molecule has 0 aromatic heterocycles. The topological polar surface area (TPSA) is 53.0 Å². The molecule has 1 saturated heterocycles. The average Bonchev–Trinajstić information content (AvgIpc) is 2.44. The van der Waals surface area contributed by atoms with Gasteiger partial charge in [-0.1, -0.05) is 24.6 Å². The molecule has 0 spiro atoms. The molecule has 0 aliphatic carbocycles. The van der Waals surface area contributed by atoms with E-state index in [1.54, 1.807) is 11.8 Å². The van der Waals surface area contributed by atoms with Crippen LogP contribution in [0.1, 0.15) is 33.1 Å². The van der Waals surface area contributed by atoms with Gasteiger partial charge in [0, 0.05) is 17.0 Å². The molecule has 3 nitrogen and oxygen atoms in total. The summed E-state index contributed by atoms with van der Waals surface area (Å²) in [4.78, 5) is 3.43. The number of rotatable bonds is 4. The van der Waals surface area contributed by atoms with Crippen molar-refractivity contribution < 1.29 is 0 Å². The predicted molar refractivity (Wildman–Crippen MR) is 84.3 cm³/mol. The molecule has 2 N–H and O–H groups in total. The van der Waals surface area contributed by atoms with E-state index in [0.717, 1.165) is 17.7 Å². The molecule has 1 fully saturated rings. The Morgan fingerprint density at radius 2 is 1.85 bits per heavy atom. The molecule has 0 radical (unpaired) electrons. The summed E-state index contributed by atoms with van der Waals surface area (Å²) in [5, 5.41) is 9.36. The molecule has 2 rings (SSSR count). The number of thioether (sulfide) groups is 1. The summed E-state index contributed by atoms with van der Waals surface area (Å²) in [5.41, 5.74) is 6.31. The first-order valence-electron chi connectivity index (χ1n) is 7.28. The van der Waals surface area contributed by atoms with E-state index < -0.39 is 0 Å². The van der Waals surface area contributed by atoms with Crippen molar-refractivity contribution in [2.45, 2.75) is 61.5 Å². The molecule has 20 heavy (non-hydrogen) atoms. The predicted octanol–water partition coefficient (Wildman–Crippen LogP) is 3.22. The molecule has 1 aromatic carbocycles. The van der Waals surface area contributed by atoms with E-state index in [0.29, 0.717) is 12.1 Å². The van der Waals surface area contributed by atoms with Crippen LogP contribution >= 0.6 is 11.8 Å². The minimum Gasteiger partial charge on any atom is -0.317 e. The van der Waals surface area contributed by atoms with Gasteiger partial charge in [-0.05, 0) is 38.8 Å². The number of hydrogen-bond donors (Lipinski definition) is 1. The van der Waals surface area contributed by atoms with Crippen molar-refractivity contribution in [3.63, 3.8) is 0 Å². The summed E-state index contributed by atoms with van der Waals surface area (Å²) in [7, 11) is 0. The summed E-state index contributed by atoms with van der Waals surface area (Å²) in [6.45, 7) is 4.42. The van der Waals surface area contributed by atoms with Gasteiger partial charge in [-0.15, -0.1) is 11.8 Å². The third-order valence-electron chi connectivity index (χ3n) is 4.04. The fourth-order valence-corrected chi connectivity index (χ4v) is 3.98. The summed E-state index contributed by atoms with van der Waals surface area (Å²) in [6, 6.07) is 13.2. The number of benzene rings is 1. The zero-order chi connectivity index (χ0) is 14.5. The van der Waals surface area contributed by atoms with Crippen molar-refractivity contribution in [2.75, 3.05) is 0 Å². The normalized spacial score (nSPS) is 26.7. The van der Waals surface area contributed by atoms with Crippen LogP contribution in [-0.2, 0) is 0 Å². The molecule has 1 aliphatic rings. The van der Waals surface area contributed by atoms with Crippen molar-refractivity contribution in [3.8, 4) is 6.07 Å². The summed E-state index contributed by atoms with van der Waals surface area (Å²) in [5.74, 6) is 0. The van der Waals surface area contributed by atoms with Crippen LogP contribution < -0.4 is 5.73 Å². The van der Waals surface area contributed by atoms with Crippen LogP contribution in [0.15, 0.2) is 35.2 Å². The van der Waals surface area contributed by atoms with Crippen LogP contribution in [0, 0.1) is 11.3 Å². The Kier molecular flexibility index (Phi) is 5.47. The summed E-state index contributed by atoms with van der Waals surface area (Å²) >= 11 is 1.59. The van der Waals surface area contributed by atoms with Crippen molar-refractivity contribution in [2.24, 2.45) is 5.73 Å².